The van der Waals surface area contributed by atoms with Crippen LogP contribution in [0.3, 0.4) is 0 Å². The van der Waals surface area contributed by atoms with Gasteiger partial charge < -0.3 is 0 Å². The van der Waals surface area contributed by atoms with E-state index in [1.165, 1.54) is 0 Å². The van der Waals surface area contributed by atoms with Crippen molar-refractivity contribution in [1.82, 2.24) is 10.4 Å². The molecule has 0 aromatic rings. The molecule has 3 heteroatoms. The molecule has 0 atom stereocenters. The molecule has 0 aromatic heterocycles. The zero-order chi connectivity index (χ0) is 5.98. The van der Waals surface area contributed by atoms with Crippen LogP contribution >= 0.6 is 0 Å². The summed E-state index contributed by atoms with van der Waals surface area (Å²) in [5.41, 5.74) is 4.02. The molecule has 0 amide bonds. The number of nitrogens with one attached hydrogen (secondary N) is 1. The summed E-state index contributed by atoms with van der Waals surface area (Å²) in [6.45, 7) is 1.99. The Balaban J connectivity index is 2.66. The molecular weight excluding hydrogens is 102 g/mol. The van der Waals surface area contributed by atoms with Crippen molar-refractivity contribution in [2.45, 2.75) is 6.92 Å². The lowest BCUT2D eigenvalue weighted by atomic mass is 10.5. The average Bonchev–Trinajstić information content (AvgIpc) is 1.77. The molecule has 1 aliphatic heterocycles. The van der Waals surface area contributed by atoms with E-state index >= 15 is 0 Å². The van der Waals surface area contributed by atoms with E-state index in [-0.39, 0.29) is 0 Å². The molecule has 0 saturated heterocycles. The fourth-order valence-corrected chi connectivity index (χ4v) is 0.453. The van der Waals surface area contributed by atoms with Crippen molar-refractivity contribution in [3.05, 3.63) is 11.9 Å². The highest BCUT2D eigenvalue weighted by Crippen LogP contribution is 1.97. The van der Waals surface area contributed by atoms with Crippen LogP contribution in [0.4, 0.5) is 0 Å². The highest BCUT2D eigenvalue weighted by molar-refractivity contribution is 5.56. The molecule has 44 valence electrons. The van der Waals surface area contributed by atoms with Crippen molar-refractivity contribution >= 4 is 6.34 Å². The van der Waals surface area contributed by atoms with E-state index < -0.39 is 0 Å². The Bertz CT molecular complexity index is 137. The van der Waals surface area contributed by atoms with Crippen molar-refractivity contribution in [1.29, 1.82) is 0 Å². The van der Waals surface area contributed by atoms with Gasteiger partial charge in [0, 0.05) is 18.9 Å². The minimum atomic E-state index is 1.12. The Morgan fingerprint density at radius 3 is 2.88 bits per heavy atom. The smallest absolute Gasteiger partial charge is 0.107 e. The van der Waals surface area contributed by atoms with Crippen molar-refractivity contribution in [3.63, 3.8) is 0 Å². The number of hydrogen-bond donors (Lipinski definition) is 1. The maximum Gasteiger partial charge on any atom is 0.107 e. The fraction of sp³-hybridized carbons (Fsp3) is 0.400. The molecule has 1 N–H and O–H groups in total. The molecule has 3 nitrogen and oxygen atoms in total. The van der Waals surface area contributed by atoms with Crippen LogP contribution in [0.15, 0.2) is 16.9 Å². The van der Waals surface area contributed by atoms with Gasteiger partial charge in [0.1, 0.15) is 6.34 Å². The molecule has 0 aromatic carbocycles. The van der Waals surface area contributed by atoms with Gasteiger partial charge >= 0.3 is 0 Å². The van der Waals surface area contributed by atoms with Gasteiger partial charge in [-0.15, -0.1) is 0 Å². The highest BCUT2D eigenvalue weighted by Gasteiger charge is 1.96. The maximum atomic E-state index is 3.87. The second kappa shape index (κ2) is 1.86. The topological polar surface area (TPSA) is 27.6 Å². The van der Waals surface area contributed by atoms with Gasteiger partial charge in [-0.1, -0.05) is 0 Å². The molecule has 1 aliphatic rings. The fourth-order valence-electron chi connectivity index (χ4n) is 0.453. The van der Waals surface area contributed by atoms with E-state index in [9.17, 15) is 0 Å². The van der Waals surface area contributed by atoms with E-state index in [4.69, 9.17) is 0 Å². The van der Waals surface area contributed by atoms with Gasteiger partial charge in [-0.2, -0.15) is 0 Å². The molecule has 1 heterocycles. The minimum absolute atomic E-state index is 1.12. The van der Waals surface area contributed by atoms with Crippen molar-refractivity contribution in [2.75, 3.05) is 7.05 Å². The molecule has 1 rings (SSSR count). The van der Waals surface area contributed by atoms with Crippen molar-refractivity contribution < 1.29 is 0 Å². The van der Waals surface area contributed by atoms with E-state index in [1.807, 2.05) is 19.0 Å². The normalized spacial score (nSPS) is 17.8. The minimum Gasteiger partial charge on any atom is -0.293 e. The summed E-state index contributed by atoms with van der Waals surface area (Å²) in [7, 11) is 1.94. The first-order valence-electron chi connectivity index (χ1n) is 2.49. The summed E-state index contributed by atoms with van der Waals surface area (Å²) in [5.74, 6) is 0. The average molecular weight is 111 g/mol. The number of nitrogens with zero attached hydrogens (tertiary/aromatic N) is 2. The number of hydrazine groups is 1. The van der Waals surface area contributed by atoms with Crippen LogP contribution in [0.5, 0.6) is 0 Å². The van der Waals surface area contributed by atoms with Crippen LogP contribution in [0.1, 0.15) is 6.92 Å². The number of rotatable bonds is 0. The summed E-state index contributed by atoms with van der Waals surface area (Å²) in [5, 5.41) is 1.90. The van der Waals surface area contributed by atoms with Gasteiger partial charge in [-0.25, -0.2) is 4.99 Å². The second-order valence-electron chi connectivity index (χ2n) is 1.74. The quantitative estimate of drug-likeness (QED) is 0.487. The van der Waals surface area contributed by atoms with Crippen LogP contribution < -0.4 is 5.43 Å². The summed E-state index contributed by atoms with van der Waals surface area (Å²) in [6, 6.07) is 0. The van der Waals surface area contributed by atoms with Gasteiger partial charge in [0.15, 0.2) is 0 Å². The van der Waals surface area contributed by atoms with E-state index in [0.29, 0.717) is 0 Å². The predicted octanol–water partition coefficient (Wildman–Crippen LogP) is 0.326. The molecule has 0 saturated carbocycles. The zero-order valence-electron chi connectivity index (χ0n) is 5.05. The lowest BCUT2D eigenvalue weighted by Gasteiger charge is -2.20. The van der Waals surface area contributed by atoms with Gasteiger partial charge in [-0.3, -0.25) is 10.4 Å². The largest absolute Gasteiger partial charge is 0.293 e. The first-order valence-corrected chi connectivity index (χ1v) is 2.49. The SMILES string of the molecule is CC1=CN=CNN1C. The molecule has 0 spiro atoms. The van der Waals surface area contributed by atoms with E-state index in [1.54, 1.807) is 12.5 Å². The first kappa shape index (κ1) is 5.15. The zero-order valence-corrected chi connectivity index (χ0v) is 5.05. The first-order chi connectivity index (χ1) is 3.80. The maximum absolute atomic E-state index is 3.87. The second-order valence-corrected chi connectivity index (χ2v) is 1.74. The molecule has 0 bridgehead atoms. The molecular formula is C5H9N3. The number of hydrogen-bond acceptors (Lipinski definition) is 3. The standard InChI is InChI=1S/C5H9N3/c1-5-3-6-4-7-8(5)2/h3-4H,1-2H3,(H,6,7). The Morgan fingerprint density at radius 2 is 2.50 bits per heavy atom. The predicted molar refractivity (Wildman–Crippen MR) is 33.1 cm³/mol. The van der Waals surface area contributed by atoms with Crippen molar-refractivity contribution in [2.24, 2.45) is 4.99 Å². The Kier molecular flexibility index (Phi) is 1.20. The van der Waals surface area contributed by atoms with Crippen LogP contribution in [-0.2, 0) is 0 Å². The van der Waals surface area contributed by atoms with Gasteiger partial charge in [0.05, 0.1) is 0 Å². The third kappa shape index (κ3) is 0.804. The summed E-state index contributed by atoms with van der Waals surface area (Å²) in [6.07, 6.45) is 3.45. The van der Waals surface area contributed by atoms with Gasteiger partial charge in [-0.05, 0) is 6.92 Å². The van der Waals surface area contributed by atoms with Crippen LogP contribution in [-0.4, -0.2) is 18.4 Å². The third-order valence-corrected chi connectivity index (χ3v) is 1.12. The Labute approximate surface area is 48.7 Å². The molecule has 0 fully saturated rings. The van der Waals surface area contributed by atoms with E-state index in [2.05, 4.69) is 10.4 Å². The van der Waals surface area contributed by atoms with Gasteiger partial charge in [0.25, 0.3) is 0 Å². The monoisotopic (exact) mass is 111 g/mol. The number of aliphatic imine (C=N–C) groups is 1. The van der Waals surface area contributed by atoms with Crippen LogP contribution in [0.25, 0.3) is 0 Å². The van der Waals surface area contributed by atoms with Crippen LogP contribution in [0, 0.1) is 0 Å². The number of allylic oxidation sites excluding steroid dienone is 1. The van der Waals surface area contributed by atoms with E-state index in [0.717, 1.165) is 5.70 Å². The highest BCUT2D eigenvalue weighted by atomic mass is 15.5. The molecule has 0 radical (unpaired) electrons. The Hall–Kier alpha value is -0.990. The molecule has 0 aliphatic carbocycles. The Morgan fingerprint density at radius 1 is 1.75 bits per heavy atom. The lowest BCUT2D eigenvalue weighted by Crippen LogP contribution is -2.33. The lowest BCUT2D eigenvalue weighted by molar-refractivity contribution is 0.371. The summed E-state index contributed by atoms with van der Waals surface area (Å²) < 4.78 is 0. The molecule has 8 heavy (non-hydrogen) atoms. The van der Waals surface area contributed by atoms with Gasteiger partial charge in [0.2, 0.25) is 0 Å². The third-order valence-electron chi connectivity index (χ3n) is 1.12. The summed E-state index contributed by atoms with van der Waals surface area (Å²) >= 11 is 0. The molecule has 0 unspecified atom stereocenters. The van der Waals surface area contributed by atoms with Crippen LogP contribution in [0.2, 0.25) is 0 Å². The summed E-state index contributed by atoms with van der Waals surface area (Å²) in [4.78, 5) is 3.87. The van der Waals surface area contributed by atoms with Crippen molar-refractivity contribution in [3.8, 4) is 0 Å².